The molecule has 0 aromatic carbocycles. The van der Waals surface area contributed by atoms with Gasteiger partial charge in [-0.2, -0.15) is 14.4 Å². The minimum absolute atomic E-state index is 0.0242. The van der Waals surface area contributed by atoms with Gasteiger partial charge in [-0.05, 0) is 39.5 Å². The summed E-state index contributed by atoms with van der Waals surface area (Å²) in [6.07, 6.45) is 4.13. The van der Waals surface area contributed by atoms with Crippen LogP contribution in [-0.2, 0) is 10.0 Å². The Kier molecular flexibility index (Phi) is 6.08. The first-order valence-corrected chi connectivity index (χ1v) is 12.5. The van der Waals surface area contributed by atoms with Gasteiger partial charge in [0.15, 0.2) is 5.82 Å². The third-order valence-corrected chi connectivity index (χ3v) is 8.33. The van der Waals surface area contributed by atoms with Crippen molar-refractivity contribution in [2.24, 2.45) is 5.73 Å². The fraction of sp³-hybridized carbons (Fsp3) is 0.600. The molecule has 0 aliphatic carbocycles. The van der Waals surface area contributed by atoms with Gasteiger partial charge in [-0.1, -0.05) is 6.42 Å². The highest BCUT2D eigenvalue weighted by Gasteiger charge is 2.45. The number of aromatic amines is 1. The number of aromatic nitrogens is 4. The molecule has 4 N–H and O–H groups in total. The van der Waals surface area contributed by atoms with E-state index in [0.717, 1.165) is 25.0 Å². The minimum Gasteiger partial charge on any atom is -0.364 e. The summed E-state index contributed by atoms with van der Waals surface area (Å²) in [5, 5.41) is 10.1. The summed E-state index contributed by atoms with van der Waals surface area (Å²) in [6, 6.07) is 3.32. The largest absolute Gasteiger partial charge is 0.364 e. The van der Waals surface area contributed by atoms with Crippen LogP contribution in [0.1, 0.15) is 55.2 Å². The van der Waals surface area contributed by atoms with Crippen LogP contribution in [0.3, 0.4) is 0 Å². The molecular formula is C20H30N8O3S. The number of H-pyrrole nitrogens is 1. The van der Waals surface area contributed by atoms with E-state index < -0.39 is 15.9 Å². The molecular weight excluding hydrogens is 432 g/mol. The molecule has 32 heavy (non-hydrogen) atoms. The number of nitrogens with one attached hydrogen (secondary N) is 2. The predicted molar refractivity (Wildman–Crippen MR) is 121 cm³/mol. The molecule has 2 aliphatic heterocycles. The molecule has 2 bridgehead atoms. The van der Waals surface area contributed by atoms with Crippen LogP contribution in [0.5, 0.6) is 0 Å². The van der Waals surface area contributed by atoms with E-state index in [1.165, 1.54) is 6.07 Å². The van der Waals surface area contributed by atoms with Gasteiger partial charge in [0.25, 0.3) is 5.91 Å². The third-order valence-electron chi connectivity index (χ3n) is 6.36. The van der Waals surface area contributed by atoms with E-state index in [1.807, 2.05) is 24.9 Å². The van der Waals surface area contributed by atoms with Crippen LogP contribution in [-0.4, -0.2) is 69.7 Å². The number of primary amides is 1. The summed E-state index contributed by atoms with van der Waals surface area (Å²) in [5.41, 5.74) is 6.50. The Morgan fingerprint density at radius 1 is 1.25 bits per heavy atom. The maximum atomic E-state index is 12.7. The summed E-state index contributed by atoms with van der Waals surface area (Å²) in [5.74, 6) is 0.813. The lowest BCUT2D eigenvalue weighted by Crippen LogP contribution is -2.58. The zero-order valence-electron chi connectivity index (χ0n) is 18.6. The molecule has 174 valence electrons. The van der Waals surface area contributed by atoms with Crippen molar-refractivity contribution in [2.75, 3.05) is 23.0 Å². The molecule has 0 unspecified atom stereocenters. The van der Waals surface area contributed by atoms with Crippen LogP contribution in [0.25, 0.3) is 0 Å². The van der Waals surface area contributed by atoms with E-state index in [1.54, 1.807) is 11.2 Å². The molecule has 2 fully saturated rings. The van der Waals surface area contributed by atoms with Gasteiger partial charge in [0, 0.05) is 43.0 Å². The van der Waals surface area contributed by atoms with E-state index in [4.69, 9.17) is 5.73 Å². The van der Waals surface area contributed by atoms with Crippen molar-refractivity contribution in [1.82, 2.24) is 24.5 Å². The number of nitrogens with zero attached hydrogens (tertiary/aromatic N) is 5. The second-order valence-corrected chi connectivity index (χ2v) is 10.7. The number of piperidine rings is 2. The quantitative estimate of drug-likeness (QED) is 0.560. The molecule has 2 aromatic rings. The molecule has 0 saturated carbocycles. The van der Waals surface area contributed by atoms with E-state index in [9.17, 15) is 13.2 Å². The van der Waals surface area contributed by atoms with Gasteiger partial charge in [-0.3, -0.25) is 9.89 Å². The summed E-state index contributed by atoms with van der Waals surface area (Å²) < 4.78 is 27.1. The number of aryl methyl sites for hydroxylation is 1. The molecule has 3 atom stereocenters. The number of amides is 1. The number of rotatable bonds is 7. The molecule has 2 saturated heterocycles. The van der Waals surface area contributed by atoms with Gasteiger partial charge >= 0.3 is 0 Å². The van der Waals surface area contributed by atoms with Crippen LogP contribution in [0.15, 0.2) is 12.1 Å². The SMILES string of the molecule is CCS(=O)(=O)N1[C@@H]2CCC[C@H]1C[C@H](N(C)c1nc(Nc3cc(C)[nH]n3)cc(C(N)=O)n1)C2. The van der Waals surface area contributed by atoms with Crippen molar-refractivity contribution in [3.63, 3.8) is 0 Å². The van der Waals surface area contributed by atoms with Crippen LogP contribution in [0.4, 0.5) is 17.6 Å². The fourth-order valence-electron chi connectivity index (χ4n) is 4.79. The smallest absolute Gasteiger partial charge is 0.267 e. The summed E-state index contributed by atoms with van der Waals surface area (Å²) >= 11 is 0. The molecule has 0 spiro atoms. The van der Waals surface area contributed by atoms with Gasteiger partial charge in [-0.25, -0.2) is 13.4 Å². The molecule has 4 heterocycles. The monoisotopic (exact) mass is 462 g/mol. The van der Waals surface area contributed by atoms with Crippen molar-refractivity contribution in [1.29, 1.82) is 0 Å². The van der Waals surface area contributed by atoms with E-state index in [-0.39, 0.29) is 29.6 Å². The molecule has 1 amide bonds. The molecule has 4 rings (SSSR count). The third kappa shape index (κ3) is 4.42. The second-order valence-electron chi connectivity index (χ2n) is 8.57. The number of hydrogen-bond acceptors (Lipinski definition) is 8. The lowest BCUT2D eigenvalue weighted by atomic mass is 9.83. The first-order chi connectivity index (χ1) is 15.2. The summed E-state index contributed by atoms with van der Waals surface area (Å²) in [6.45, 7) is 3.58. The van der Waals surface area contributed by atoms with Crippen molar-refractivity contribution in [3.8, 4) is 0 Å². The topological polar surface area (TPSA) is 150 Å². The molecule has 0 radical (unpaired) electrons. The zero-order chi connectivity index (χ0) is 23.0. The molecule has 2 aromatic heterocycles. The Hall–Kier alpha value is -2.73. The number of fused-ring (bicyclic) bond motifs is 2. The lowest BCUT2D eigenvalue weighted by molar-refractivity contribution is 0.0994. The fourth-order valence-corrected chi connectivity index (χ4v) is 6.38. The van der Waals surface area contributed by atoms with Gasteiger partial charge < -0.3 is 16.0 Å². The molecule has 11 nitrogen and oxygen atoms in total. The predicted octanol–water partition coefficient (Wildman–Crippen LogP) is 1.52. The first-order valence-electron chi connectivity index (χ1n) is 10.9. The van der Waals surface area contributed by atoms with Crippen molar-refractivity contribution in [3.05, 3.63) is 23.5 Å². The Morgan fingerprint density at radius 2 is 1.94 bits per heavy atom. The lowest BCUT2D eigenvalue weighted by Gasteiger charge is -2.49. The summed E-state index contributed by atoms with van der Waals surface area (Å²) in [7, 11) is -1.37. The van der Waals surface area contributed by atoms with E-state index >= 15 is 0 Å². The van der Waals surface area contributed by atoms with Crippen molar-refractivity contribution < 1.29 is 13.2 Å². The number of sulfonamides is 1. The Morgan fingerprint density at radius 3 is 2.50 bits per heavy atom. The number of carbonyl (C=O) groups is 1. The summed E-state index contributed by atoms with van der Waals surface area (Å²) in [4.78, 5) is 22.8. The number of carbonyl (C=O) groups excluding carboxylic acids is 1. The van der Waals surface area contributed by atoms with Gasteiger partial charge in [0.05, 0.1) is 5.75 Å². The standard InChI is InChI=1S/C20H30N8O3S/c1-4-32(30,31)28-13-6-5-7-14(28)10-15(9-13)27(3)20-22-16(19(21)29)11-17(24-20)23-18-8-12(2)25-26-18/h8,11,13-15H,4-7,9-10H2,1-3H3,(H2,21,29)(H2,22,23,24,25,26)/t13-,14+,15-. The number of hydrogen-bond donors (Lipinski definition) is 3. The normalized spacial score (nSPS) is 23.7. The number of nitrogens with two attached hydrogens (primary N) is 1. The Balaban J connectivity index is 1.60. The van der Waals surface area contributed by atoms with Crippen LogP contribution in [0.2, 0.25) is 0 Å². The highest BCUT2D eigenvalue weighted by Crippen LogP contribution is 2.38. The zero-order valence-corrected chi connectivity index (χ0v) is 19.4. The molecule has 2 aliphatic rings. The van der Waals surface area contributed by atoms with Gasteiger partial charge in [-0.15, -0.1) is 0 Å². The highest BCUT2D eigenvalue weighted by molar-refractivity contribution is 7.89. The van der Waals surface area contributed by atoms with Crippen molar-refractivity contribution in [2.45, 2.75) is 64.1 Å². The average Bonchev–Trinajstić information content (AvgIpc) is 3.16. The molecule has 12 heteroatoms. The minimum atomic E-state index is -3.25. The average molecular weight is 463 g/mol. The van der Waals surface area contributed by atoms with Gasteiger partial charge in [0.2, 0.25) is 16.0 Å². The van der Waals surface area contributed by atoms with Crippen LogP contribution in [0, 0.1) is 6.92 Å². The van der Waals surface area contributed by atoms with Crippen LogP contribution >= 0.6 is 0 Å². The van der Waals surface area contributed by atoms with E-state index in [0.29, 0.717) is 30.4 Å². The Labute approximate surface area is 187 Å². The highest BCUT2D eigenvalue weighted by atomic mass is 32.2. The van der Waals surface area contributed by atoms with Crippen LogP contribution < -0.4 is 16.0 Å². The first kappa shape index (κ1) is 22.5. The van der Waals surface area contributed by atoms with E-state index in [2.05, 4.69) is 25.5 Å². The second kappa shape index (κ2) is 8.66. The van der Waals surface area contributed by atoms with Crippen molar-refractivity contribution >= 4 is 33.5 Å². The maximum absolute atomic E-state index is 12.7. The maximum Gasteiger partial charge on any atom is 0.267 e. The van der Waals surface area contributed by atoms with Gasteiger partial charge in [0.1, 0.15) is 11.5 Å². The number of anilines is 3. The Bertz CT molecular complexity index is 1090.